The van der Waals surface area contributed by atoms with Crippen molar-refractivity contribution >= 4 is 23.4 Å². The van der Waals surface area contributed by atoms with Crippen LogP contribution in [0.15, 0.2) is 12.1 Å². The van der Waals surface area contributed by atoms with Crippen LogP contribution in [0.5, 0.6) is 0 Å². The van der Waals surface area contributed by atoms with Gasteiger partial charge in [0.25, 0.3) is 0 Å². The maximum absolute atomic E-state index is 10.9. The molecule has 1 aromatic rings. The van der Waals surface area contributed by atoms with Crippen LogP contribution in [0.4, 0.5) is 5.82 Å². The minimum absolute atomic E-state index is 0.0860. The number of aliphatic hydroxyl groups is 1. The Morgan fingerprint density at radius 2 is 2.16 bits per heavy atom. The number of halogens is 1. The monoisotopic (exact) mass is 286 g/mol. The third-order valence-corrected chi connectivity index (χ3v) is 3.38. The number of carboxylic acids is 1. The number of nitrogens with one attached hydrogen (secondary N) is 1. The smallest absolute Gasteiger partial charge is 0.356 e. The van der Waals surface area contributed by atoms with E-state index in [1.165, 1.54) is 6.07 Å². The van der Waals surface area contributed by atoms with Gasteiger partial charge in [0.2, 0.25) is 0 Å². The van der Waals surface area contributed by atoms with E-state index in [0.29, 0.717) is 38.4 Å². The summed E-state index contributed by atoms with van der Waals surface area (Å²) in [6.07, 6.45) is 1.08. The molecule has 0 amide bonds. The molecule has 1 aliphatic heterocycles. The van der Waals surface area contributed by atoms with Gasteiger partial charge in [-0.15, -0.1) is 0 Å². The molecule has 7 heteroatoms. The van der Waals surface area contributed by atoms with Crippen molar-refractivity contribution in [3.05, 3.63) is 22.8 Å². The van der Waals surface area contributed by atoms with Crippen LogP contribution in [-0.4, -0.2) is 46.5 Å². The van der Waals surface area contributed by atoms with Crippen molar-refractivity contribution in [3.8, 4) is 0 Å². The Balaban J connectivity index is 2.03. The average molecular weight is 287 g/mol. The summed E-state index contributed by atoms with van der Waals surface area (Å²) in [6, 6.07) is 3.05. The largest absolute Gasteiger partial charge is 0.476 e. The summed E-state index contributed by atoms with van der Waals surface area (Å²) in [5.41, 5.74) is -1.05. The average Bonchev–Trinajstić information content (AvgIpc) is 2.38. The summed E-state index contributed by atoms with van der Waals surface area (Å²) < 4.78 is 5.18. The molecule has 0 unspecified atom stereocenters. The van der Waals surface area contributed by atoms with Gasteiger partial charge in [0.1, 0.15) is 5.82 Å². The van der Waals surface area contributed by atoms with E-state index in [2.05, 4.69) is 10.3 Å². The highest BCUT2D eigenvalue weighted by atomic mass is 35.5. The molecule has 0 aromatic carbocycles. The molecule has 0 aliphatic carbocycles. The quantitative estimate of drug-likeness (QED) is 0.775. The van der Waals surface area contributed by atoms with E-state index in [1.54, 1.807) is 6.07 Å². The molecule has 0 saturated carbocycles. The Morgan fingerprint density at radius 1 is 1.47 bits per heavy atom. The van der Waals surface area contributed by atoms with Crippen LogP contribution in [0.1, 0.15) is 23.3 Å². The lowest BCUT2D eigenvalue weighted by Crippen LogP contribution is -2.42. The van der Waals surface area contributed by atoms with Gasteiger partial charge in [-0.3, -0.25) is 0 Å². The molecule has 3 N–H and O–H groups in total. The number of rotatable bonds is 4. The number of ether oxygens (including phenoxy) is 1. The molecule has 0 radical (unpaired) electrons. The number of anilines is 1. The lowest BCUT2D eigenvalue weighted by molar-refractivity contribution is -0.0543. The van der Waals surface area contributed by atoms with Crippen molar-refractivity contribution in [1.29, 1.82) is 0 Å². The van der Waals surface area contributed by atoms with Crippen LogP contribution < -0.4 is 5.32 Å². The van der Waals surface area contributed by atoms with Crippen LogP contribution >= 0.6 is 11.6 Å². The zero-order valence-electron chi connectivity index (χ0n) is 10.2. The Labute approximate surface area is 115 Å². The maximum atomic E-state index is 10.9. The second-order valence-corrected chi connectivity index (χ2v) is 4.93. The highest BCUT2D eigenvalue weighted by molar-refractivity contribution is 6.33. The van der Waals surface area contributed by atoms with E-state index in [4.69, 9.17) is 21.4 Å². The van der Waals surface area contributed by atoms with Gasteiger partial charge in [-0.05, 0) is 12.1 Å². The van der Waals surface area contributed by atoms with Crippen molar-refractivity contribution in [2.75, 3.05) is 25.1 Å². The van der Waals surface area contributed by atoms with E-state index in [1.807, 2.05) is 0 Å². The predicted molar refractivity (Wildman–Crippen MR) is 69.7 cm³/mol. The third-order valence-electron chi connectivity index (χ3n) is 3.07. The minimum atomic E-state index is -1.18. The number of pyridine rings is 1. The summed E-state index contributed by atoms with van der Waals surface area (Å²) in [4.78, 5) is 14.8. The van der Waals surface area contributed by atoms with Crippen molar-refractivity contribution in [2.24, 2.45) is 0 Å². The summed E-state index contributed by atoms with van der Waals surface area (Å²) in [7, 11) is 0. The molecular weight excluding hydrogens is 272 g/mol. The zero-order valence-corrected chi connectivity index (χ0v) is 11.0. The Bertz CT molecular complexity index is 475. The number of hydrogen-bond acceptors (Lipinski definition) is 5. The fourth-order valence-corrected chi connectivity index (χ4v) is 2.06. The highest BCUT2D eigenvalue weighted by Gasteiger charge is 2.29. The van der Waals surface area contributed by atoms with Crippen molar-refractivity contribution < 1.29 is 19.7 Å². The molecule has 0 spiro atoms. The molecule has 0 bridgehead atoms. The van der Waals surface area contributed by atoms with Gasteiger partial charge in [0.05, 0.1) is 10.6 Å². The van der Waals surface area contributed by atoms with Crippen LogP contribution in [0, 0.1) is 0 Å². The summed E-state index contributed by atoms with van der Waals surface area (Å²) >= 11 is 5.73. The van der Waals surface area contributed by atoms with E-state index >= 15 is 0 Å². The molecule has 104 valence electrons. The topological polar surface area (TPSA) is 91.7 Å². The number of aromatic carboxylic acids is 1. The molecular formula is C12H15ClN2O4. The number of aromatic nitrogens is 1. The van der Waals surface area contributed by atoms with Crippen molar-refractivity contribution in [3.63, 3.8) is 0 Å². The first-order chi connectivity index (χ1) is 9.00. The maximum Gasteiger partial charge on any atom is 0.356 e. The Hall–Kier alpha value is -1.37. The Kier molecular flexibility index (Phi) is 4.24. The molecule has 1 aromatic heterocycles. The first-order valence-corrected chi connectivity index (χ1v) is 6.32. The Morgan fingerprint density at radius 3 is 2.79 bits per heavy atom. The normalized spacial score (nSPS) is 18.0. The second kappa shape index (κ2) is 5.73. The van der Waals surface area contributed by atoms with Crippen LogP contribution in [0.2, 0.25) is 5.02 Å². The standard InChI is InChI=1S/C12H15ClN2O4/c13-8-1-2-9(15-10(8)11(16)17)14-7-12(18)3-5-19-6-4-12/h1-2,18H,3-7H2,(H,14,15)(H,16,17). The van der Waals surface area contributed by atoms with Gasteiger partial charge in [-0.2, -0.15) is 0 Å². The zero-order chi connectivity index (χ0) is 13.9. The number of carboxylic acid groups (broad SMARTS) is 1. The lowest BCUT2D eigenvalue weighted by atomic mass is 9.94. The van der Waals surface area contributed by atoms with E-state index in [0.717, 1.165) is 0 Å². The number of carbonyl (C=O) groups is 1. The predicted octanol–water partition coefficient (Wildman–Crippen LogP) is 1.39. The summed E-state index contributed by atoms with van der Waals surface area (Å²) in [5, 5.41) is 22.2. The van der Waals surface area contributed by atoms with E-state index in [-0.39, 0.29) is 10.7 Å². The summed E-state index contributed by atoms with van der Waals surface area (Å²) in [5.74, 6) is -0.805. The highest BCUT2D eigenvalue weighted by Crippen LogP contribution is 2.22. The van der Waals surface area contributed by atoms with Gasteiger partial charge >= 0.3 is 5.97 Å². The molecule has 19 heavy (non-hydrogen) atoms. The van der Waals surface area contributed by atoms with Gasteiger partial charge in [0.15, 0.2) is 5.69 Å². The fraction of sp³-hybridized carbons (Fsp3) is 0.500. The molecule has 0 atom stereocenters. The molecule has 1 aliphatic rings. The molecule has 1 saturated heterocycles. The van der Waals surface area contributed by atoms with Crippen molar-refractivity contribution in [1.82, 2.24) is 4.98 Å². The van der Waals surface area contributed by atoms with Gasteiger partial charge in [-0.25, -0.2) is 9.78 Å². The molecule has 2 heterocycles. The fourth-order valence-electron chi connectivity index (χ4n) is 1.87. The first kappa shape index (κ1) is 14.0. The number of nitrogens with zero attached hydrogens (tertiary/aromatic N) is 1. The third kappa shape index (κ3) is 3.56. The minimum Gasteiger partial charge on any atom is -0.476 e. The molecule has 2 rings (SSSR count). The van der Waals surface area contributed by atoms with E-state index < -0.39 is 11.6 Å². The van der Waals surface area contributed by atoms with Gasteiger partial charge in [0, 0.05) is 32.6 Å². The van der Waals surface area contributed by atoms with Crippen molar-refractivity contribution in [2.45, 2.75) is 18.4 Å². The van der Waals surface area contributed by atoms with E-state index in [9.17, 15) is 9.90 Å². The molecule has 6 nitrogen and oxygen atoms in total. The van der Waals surface area contributed by atoms with Crippen LogP contribution in [-0.2, 0) is 4.74 Å². The molecule has 1 fully saturated rings. The first-order valence-electron chi connectivity index (χ1n) is 5.94. The lowest BCUT2D eigenvalue weighted by Gasteiger charge is -2.32. The van der Waals surface area contributed by atoms with Gasteiger partial charge in [-0.1, -0.05) is 11.6 Å². The number of hydrogen-bond donors (Lipinski definition) is 3. The summed E-state index contributed by atoms with van der Waals surface area (Å²) in [6.45, 7) is 1.34. The van der Waals surface area contributed by atoms with Crippen LogP contribution in [0.25, 0.3) is 0 Å². The van der Waals surface area contributed by atoms with Crippen LogP contribution in [0.3, 0.4) is 0 Å². The second-order valence-electron chi connectivity index (χ2n) is 4.52. The van der Waals surface area contributed by atoms with Gasteiger partial charge < -0.3 is 20.3 Å². The SMILES string of the molecule is O=C(O)c1nc(NCC2(O)CCOCC2)ccc1Cl.